The molecule has 13 heavy (non-hydrogen) atoms. The molecule has 4 N–H and O–H groups in total. The highest BCUT2D eigenvalue weighted by atomic mass is 16.5. The minimum atomic E-state index is -0.401. The molecule has 0 aliphatic carbocycles. The lowest BCUT2D eigenvalue weighted by Gasteiger charge is -1.99. The van der Waals surface area contributed by atoms with E-state index in [4.69, 9.17) is 16.2 Å². The Labute approximate surface area is 77.5 Å². The van der Waals surface area contributed by atoms with Crippen LogP contribution in [0.1, 0.15) is 12.8 Å². The lowest BCUT2D eigenvalue weighted by Crippen LogP contribution is -2.23. The highest BCUT2D eigenvalue weighted by molar-refractivity contribution is 5.81. The zero-order valence-electron chi connectivity index (χ0n) is 7.53. The predicted octanol–water partition coefficient (Wildman–Crippen LogP) is -0.231. The standard InChI is InChI=1S/C8H15N3O2/c1-2-7(12)13-6-4-3-5-11-8(9)10/h2H,1,3-6H2,(H4,9,10,11). The third-order valence-corrected chi connectivity index (χ3v) is 1.26. The van der Waals surface area contributed by atoms with Crippen molar-refractivity contribution in [3.63, 3.8) is 0 Å². The van der Waals surface area contributed by atoms with Crippen LogP contribution >= 0.6 is 0 Å². The van der Waals surface area contributed by atoms with Crippen LogP contribution in [0.2, 0.25) is 0 Å². The van der Waals surface area contributed by atoms with Gasteiger partial charge in [0.05, 0.1) is 6.61 Å². The minimum Gasteiger partial charge on any atom is -0.463 e. The van der Waals surface area contributed by atoms with Crippen LogP contribution in [0.4, 0.5) is 0 Å². The fourth-order valence-electron chi connectivity index (χ4n) is 0.654. The number of esters is 1. The van der Waals surface area contributed by atoms with Gasteiger partial charge >= 0.3 is 5.97 Å². The summed E-state index contributed by atoms with van der Waals surface area (Å²) in [4.78, 5) is 14.3. The molecule has 0 aromatic heterocycles. The van der Waals surface area contributed by atoms with Gasteiger partial charge in [-0.1, -0.05) is 6.58 Å². The number of guanidine groups is 1. The summed E-state index contributed by atoms with van der Waals surface area (Å²) in [6.45, 7) is 4.21. The molecule has 0 bridgehead atoms. The highest BCUT2D eigenvalue weighted by Crippen LogP contribution is 1.91. The topological polar surface area (TPSA) is 90.7 Å². The highest BCUT2D eigenvalue weighted by Gasteiger charge is 1.94. The molecule has 0 unspecified atom stereocenters. The van der Waals surface area contributed by atoms with Gasteiger partial charge in [-0.05, 0) is 12.8 Å². The molecular formula is C8H15N3O2. The van der Waals surface area contributed by atoms with E-state index in [1.54, 1.807) is 0 Å². The van der Waals surface area contributed by atoms with Crippen LogP contribution in [0.15, 0.2) is 17.6 Å². The van der Waals surface area contributed by atoms with Crippen molar-refractivity contribution in [3.8, 4) is 0 Å². The number of rotatable bonds is 6. The van der Waals surface area contributed by atoms with E-state index in [0.29, 0.717) is 13.2 Å². The Morgan fingerprint density at radius 1 is 1.46 bits per heavy atom. The van der Waals surface area contributed by atoms with Crippen LogP contribution in [0, 0.1) is 0 Å². The summed E-state index contributed by atoms with van der Waals surface area (Å²) in [6, 6.07) is 0. The lowest BCUT2D eigenvalue weighted by molar-refractivity contribution is -0.137. The molecule has 0 aliphatic heterocycles. The Bertz CT molecular complexity index is 198. The quantitative estimate of drug-likeness (QED) is 0.196. The van der Waals surface area contributed by atoms with E-state index in [9.17, 15) is 4.79 Å². The van der Waals surface area contributed by atoms with Crippen molar-refractivity contribution >= 4 is 11.9 Å². The zero-order valence-corrected chi connectivity index (χ0v) is 7.53. The van der Waals surface area contributed by atoms with Gasteiger partial charge in [0.2, 0.25) is 0 Å². The van der Waals surface area contributed by atoms with E-state index in [-0.39, 0.29) is 5.96 Å². The fraction of sp³-hybridized carbons (Fsp3) is 0.500. The van der Waals surface area contributed by atoms with Crippen molar-refractivity contribution in [2.75, 3.05) is 13.2 Å². The van der Waals surface area contributed by atoms with E-state index in [0.717, 1.165) is 18.9 Å². The van der Waals surface area contributed by atoms with Crippen LogP contribution in [0.5, 0.6) is 0 Å². The Kier molecular flexibility index (Phi) is 6.31. The molecule has 0 aromatic rings. The molecule has 0 spiro atoms. The number of carbonyl (C=O) groups excluding carboxylic acids is 1. The van der Waals surface area contributed by atoms with Gasteiger partial charge in [0, 0.05) is 12.6 Å². The largest absolute Gasteiger partial charge is 0.463 e. The van der Waals surface area contributed by atoms with Gasteiger partial charge in [-0.3, -0.25) is 4.99 Å². The van der Waals surface area contributed by atoms with Crippen molar-refractivity contribution in [1.82, 2.24) is 0 Å². The van der Waals surface area contributed by atoms with E-state index >= 15 is 0 Å². The van der Waals surface area contributed by atoms with Crippen LogP contribution in [0.3, 0.4) is 0 Å². The molecule has 0 atom stereocenters. The first-order valence-corrected chi connectivity index (χ1v) is 4.01. The molecule has 0 heterocycles. The van der Waals surface area contributed by atoms with Gasteiger partial charge < -0.3 is 16.2 Å². The number of nitrogens with zero attached hydrogens (tertiary/aromatic N) is 1. The van der Waals surface area contributed by atoms with E-state index < -0.39 is 5.97 Å². The van der Waals surface area contributed by atoms with Gasteiger partial charge in [0.25, 0.3) is 0 Å². The van der Waals surface area contributed by atoms with E-state index in [1.165, 1.54) is 0 Å². The van der Waals surface area contributed by atoms with Crippen LogP contribution in [0.25, 0.3) is 0 Å². The normalized spacial score (nSPS) is 8.92. The first-order chi connectivity index (χ1) is 6.16. The van der Waals surface area contributed by atoms with E-state index in [1.807, 2.05) is 0 Å². The average Bonchev–Trinajstić information content (AvgIpc) is 2.10. The SMILES string of the molecule is C=CC(=O)OCCCCN=C(N)N. The predicted molar refractivity (Wildman–Crippen MR) is 51.1 cm³/mol. The molecule has 0 rings (SSSR count). The van der Waals surface area contributed by atoms with Crippen molar-refractivity contribution in [3.05, 3.63) is 12.7 Å². The Morgan fingerprint density at radius 2 is 2.15 bits per heavy atom. The van der Waals surface area contributed by atoms with Gasteiger partial charge in [-0.15, -0.1) is 0 Å². The van der Waals surface area contributed by atoms with Gasteiger partial charge in [0.1, 0.15) is 0 Å². The van der Waals surface area contributed by atoms with Crippen LogP contribution < -0.4 is 11.5 Å². The minimum absolute atomic E-state index is 0.0862. The number of hydrogen-bond donors (Lipinski definition) is 2. The van der Waals surface area contributed by atoms with Crippen LogP contribution in [-0.2, 0) is 9.53 Å². The number of carbonyl (C=O) groups is 1. The number of nitrogens with two attached hydrogens (primary N) is 2. The number of aliphatic imine (C=N–C) groups is 1. The summed E-state index contributed by atoms with van der Waals surface area (Å²) in [5.41, 5.74) is 10.2. The smallest absolute Gasteiger partial charge is 0.330 e. The molecule has 0 radical (unpaired) electrons. The Morgan fingerprint density at radius 3 is 2.69 bits per heavy atom. The summed E-state index contributed by atoms with van der Waals surface area (Å²) in [5.74, 6) is -0.315. The molecule has 0 saturated heterocycles. The summed E-state index contributed by atoms with van der Waals surface area (Å²) < 4.78 is 4.73. The maximum Gasteiger partial charge on any atom is 0.330 e. The molecule has 0 aromatic carbocycles. The molecular weight excluding hydrogens is 170 g/mol. The molecule has 0 amide bonds. The van der Waals surface area contributed by atoms with E-state index in [2.05, 4.69) is 11.6 Å². The second-order valence-corrected chi connectivity index (χ2v) is 2.39. The number of unbranched alkanes of at least 4 members (excludes halogenated alkanes) is 1. The van der Waals surface area contributed by atoms with Gasteiger partial charge in [-0.2, -0.15) is 0 Å². The van der Waals surface area contributed by atoms with Gasteiger partial charge in [0.15, 0.2) is 5.96 Å². The second kappa shape index (κ2) is 7.15. The molecule has 0 saturated carbocycles. The third-order valence-electron chi connectivity index (χ3n) is 1.26. The summed E-state index contributed by atoms with van der Waals surface area (Å²) in [5, 5.41) is 0. The molecule has 5 heteroatoms. The van der Waals surface area contributed by atoms with Crippen molar-refractivity contribution in [2.45, 2.75) is 12.8 Å². The average molecular weight is 185 g/mol. The van der Waals surface area contributed by atoms with Crippen LogP contribution in [-0.4, -0.2) is 25.1 Å². The summed E-state index contributed by atoms with van der Waals surface area (Å²) in [7, 11) is 0. The fourth-order valence-corrected chi connectivity index (χ4v) is 0.654. The first kappa shape index (κ1) is 11.5. The number of ether oxygens (including phenoxy) is 1. The molecule has 5 nitrogen and oxygen atoms in total. The maximum absolute atomic E-state index is 10.5. The third kappa shape index (κ3) is 8.39. The van der Waals surface area contributed by atoms with Gasteiger partial charge in [-0.25, -0.2) is 4.79 Å². The second-order valence-electron chi connectivity index (χ2n) is 2.39. The Hall–Kier alpha value is -1.52. The molecule has 74 valence electrons. The molecule has 0 aliphatic rings. The monoisotopic (exact) mass is 185 g/mol. The van der Waals surface area contributed by atoms with Crippen molar-refractivity contribution in [1.29, 1.82) is 0 Å². The molecule has 0 fully saturated rings. The maximum atomic E-state index is 10.5. The Balaban J connectivity index is 3.22. The first-order valence-electron chi connectivity index (χ1n) is 4.01. The van der Waals surface area contributed by atoms with Crippen molar-refractivity contribution < 1.29 is 9.53 Å². The summed E-state index contributed by atoms with van der Waals surface area (Å²) >= 11 is 0. The summed E-state index contributed by atoms with van der Waals surface area (Å²) in [6.07, 6.45) is 2.68. The number of hydrogen-bond acceptors (Lipinski definition) is 3. The zero-order chi connectivity index (χ0) is 10.1. The lowest BCUT2D eigenvalue weighted by atomic mass is 10.3. The van der Waals surface area contributed by atoms with Crippen molar-refractivity contribution in [2.24, 2.45) is 16.5 Å².